The smallest absolute Gasteiger partial charge is 0.266 e. The van der Waals surface area contributed by atoms with Crippen LogP contribution < -0.4 is 9.62 Å². The van der Waals surface area contributed by atoms with Gasteiger partial charge in [0.1, 0.15) is 4.90 Å². The van der Waals surface area contributed by atoms with Crippen LogP contribution in [0.1, 0.15) is 32.6 Å². The van der Waals surface area contributed by atoms with Gasteiger partial charge in [0.15, 0.2) is 11.6 Å². The van der Waals surface area contributed by atoms with Crippen LogP contribution in [0.3, 0.4) is 0 Å². The first-order valence-corrected chi connectivity index (χ1v) is 11.0. The minimum atomic E-state index is -3.81. The summed E-state index contributed by atoms with van der Waals surface area (Å²) in [7, 11) is -2.13. The fraction of sp³-hybridized carbons (Fsp3) is 0.421. The first kappa shape index (κ1) is 18.7. The monoisotopic (exact) mass is 400 g/mol. The van der Waals surface area contributed by atoms with Crippen molar-refractivity contribution >= 4 is 32.7 Å². The lowest BCUT2D eigenvalue weighted by atomic mass is 10.00. The molecule has 4 rings (SSSR count). The van der Waals surface area contributed by atoms with Gasteiger partial charge in [-0.25, -0.2) is 18.4 Å². The predicted molar refractivity (Wildman–Crippen MR) is 109 cm³/mol. The maximum Gasteiger partial charge on any atom is 0.266 e. The molecule has 1 aliphatic rings. The standard InChI is InChI=1S/C19H24N6O2S/c1-3-14-8-6-7-11-25(14)19-18(21-16-9-4-5-10-17(16)22-19)23-28(26,27)15-12-20-24(2)13-15/h4-5,9-10,12-14H,3,6-8,11H2,1-2H3,(H,21,23). The Bertz CT molecular complexity index is 1090. The molecule has 8 nitrogen and oxygen atoms in total. The van der Waals surface area contributed by atoms with Crippen molar-refractivity contribution in [3.8, 4) is 0 Å². The molecule has 1 unspecified atom stereocenters. The molecule has 0 saturated carbocycles. The van der Waals surface area contributed by atoms with Gasteiger partial charge in [-0.15, -0.1) is 0 Å². The van der Waals surface area contributed by atoms with Gasteiger partial charge in [0, 0.05) is 25.8 Å². The largest absolute Gasteiger partial charge is 0.351 e. The molecule has 9 heteroatoms. The van der Waals surface area contributed by atoms with Crippen LogP contribution in [-0.2, 0) is 17.1 Å². The third-order valence-electron chi connectivity index (χ3n) is 5.15. The van der Waals surface area contributed by atoms with E-state index in [-0.39, 0.29) is 10.7 Å². The van der Waals surface area contributed by atoms with Crippen LogP contribution in [-0.4, -0.2) is 40.8 Å². The summed E-state index contributed by atoms with van der Waals surface area (Å²) in [5.74, 6) is 0.862. The van der Waals surface area contributed by atoms with Gasteiger partial charge in [0.2, 0.25) is 0 Å². The van der Waals surface area contributed by atoms with Crippen molar-refractivity contribution < 1.29 is 8.42 Å². The minimum Gasteiger partial charge on any atom is -0.351 e. The van der Waals surface area contributed by atoms with E-state index < -0.39 is 10.0 Å². The first-order chi connectivity index (χ1) is 13.5. The fourth-order valence-electron chi connectivity index (χ4n) is 3.69. The molecule has 2 aromatic heterocycles. The van der Waals surface area contributed by atoms with Crippen LogP contribution in [0.4, 0.5) is 11.6 Å². The van der Waals surface area contributed by atoms with E-state index in [1.54, 1.807) is 7.05 Å². The molecule has 0 bridgehead atoms. The second-order valence-corrected chi connectivity index (χ2v) is 8.77. The zero-order valence-corrected chi connectivity index (χ0v) is 16.9. The van der Waals surface area contributed by atoms with Crippen molar-refractivity contribution in [2.75, 3.05) is 16.2 Å². The molecule has 1 aliphatic heterocycles. The lowest BCUT2D eigenvalue weighted by Gasteiger charge is -2.36. The number of rotatable bonds is 5. The Morgan fingerprint density at radius 1 is 1.18 bits per heavy atom. The second kappa shape index (κ2) is 7.38. The molecule has 0 spiro atoms. The Balaban J connectivity index is 1.81. The maximum absolute atomic E-state index is 12.9. The van der Waals surface area contributed by atoms with Gasteiger partial charge in [0.05, 0.1) is 17.2 Å². The molecule has 1 aromatic carbocycles. The van der Waals surface area contributed by atoms with Gasteiger partial charge in [-0.05, 0) is 37.8 Å². The molecule has 1 fully saturated rings. The molecule has 0 aliphatic carbocycles. The Kier molecular flexibility index (Phi) is 4.92. The van der Waals surface area contributed by atoms with Crippen molar-refractivity contribution in [1.82, 2.24) is 19.7 Å². The molecule has 148 valence electrons. The zero-order chi connectivity index (χ0) is 19.7. The molecule has 1 N–H and O–H groups in total. The van der Waals surface area contributed by atoms with Crippen molar-refractivity contribution in [3.63, 3.8) is 0 Å². The molecular weight excluding hydrogens is 376 g/mol. The number of benzene rings is 1. The fourth-order valence-corrected chi connectivity index (χ4v) is 4.67. The summed E-state index contributed by atoms with van der Waals surface area (Å²) in [6.45, 7) is 2.99. The van der Waals surface area contributed by atoms with E-state index in [0.29, 0.717) is 17.4 Å². The molecule has 3 aromatic rings. The highest BCUT2D eigenvalue weighted by atomic mass is 32.2. The molecule has 3 heterocycles. The van der Waals surface area contributed by atoms with Crippen LogP contribution in [0.15, 0.2) is 41.6 Å². The normalized spacial score (nSPS) is 17.8. The van der Waals surface area contributed by atoms with E-state index in [4.69, 9.17) is 4.98 Å². The minimum absolute atomic E-state index is 0.0987. The summed E-state index contributed by atoms with van der Waals surface area (Å²) in [4.78, 5) is 11.7. The number of hydrogen-bond donors (Lipinski definition) is 1. The van der Waals surface area contributed by atoms with Gasteiger partial charge < -0.3 is 4.90 Å². The topological polar surface area (TPSA) is 93.0 Å². The SMILES string of the molecule is CCC1CCCCN1c1nc2ccccc2nc1NS(=O)(=O)c1cnn(C)c1. The molecule has 0 amide bonds. The van der Waals surface area contributed by atoms with Crippen LogP contribution in [0.5, 0.6) is 0 Å². The number of aromatic nitrogens is 4. The zero-order valence-electron chi connectivity index (χ0n) is 16.0. The molecule has 0 radical (unpaired) electrons. The van der Waals surface area contributed by atoms with E-state index >= 15 is 0 Å². The average Bonchev–Trinajstić information content (AvgIpc) is 3.14. The van der Waals surface area contributed by atoms with Crippen LogP contribution in [0, 0.1) is 0 Å². The average molecular weight is 401 g/mol. The van der Waals surface area contributed by atoms with E-state index in [0.717, 1.165) is 31.3 Å². The highest BCUT2D eigenvalue weighted by molar-refractivity contribution is 7.92. The molecule has 28 heavy (non-hydrogen) atoms. The Morgan fingerprint density at radius 2 is 1.93 bits per heavy atom. The Labute approximate surface area is 164 Å². The van der Waals surface area contributed by atoms with E-state index in [1.165, 1.54) is 23.5 Å². The summed E-state index contributed by atoms with van der Waals surface area (Å²) in [5.41, 5.74) is 1.41. The quantitative estimate of drug-likeness (QED) is 0.708. The number of nitrogens with one attached hydrogen (secondary N) is 1. The summed E-state index contributed by atoms with van der Waals surface area (Å²) in [6, 6.07) is 7.84. The Morgan fingerprint density at radius 3 is 2.61 bits per heavy atom. The van der Waals surface area contributed by atoms with Crippen molar-refractivity contribution in [3.05, 3.63) is 36.7 Å². The van der Waals surface area contributed by atoms with Crippen LogP contribution >= 0.6 is 0 Å². The van der Waals surface area contributed by atoms with Crippen molar-refractivity contribution in [1.29, 1.82) is 0 Å². The van der Waals surface area contributed by atoms with E-state index in [9.17, 15) is 8.42 Å². The maximum atomic E-state index is 12.9. The van der Waals surface area contributed by atoms with Gasteiger partial charge in [0.25, 0.3) is 10.0 Å². The van der Waals surface area contributed by atoms with Gasteiger partial charge in [-0.3, -0.25) is 9.40 Å². The summed E-state index contributed by atoms with van der Waals surface area (Å²) < 4.78 is 29.9. The van der Waals surface area contributed by atoms with Gasteiger partial charge in [-0.1, -0.05) is 19.1 Å². The van der Waals surface area contributed by atoms with E-state index in [2.05, 4.69) is 26.6 Å². The summed E-state index contributed by atoms with van der Waals surface area (Å²) in [6.07, 6.45) is 7.06. The van der Waals surface area contributed by atoms with Crippen LogP contribution in [0.2, 0.25) is 0 Å². The van der Waals surface area contributed by atoms with Gasteiger partial charge in [-0.2, -0.15) is 5.10 Å². The Hall–Kier alpha value is -2.68. The highest BCUT2D eigenvalue weighted by Gasteiger charge is 2.28. The molecule has 1 saturated heterocycles. The lowest BCUT2D eigenvalue weighted by molar-refractivity contribution is 0.447. The van der Waals surface area contributed by atoms with Gasteiger partial charge >= 0.3 is 0 Å². The number of nitrogens with zero attached hydrogens (tertiary/aromatic N) is 5. The molecular formula is C19H24N6O2S. The highest BCUT2D eigenvalue weighted by Crippen LogP contribution is 2.32. The lowest BCUT2D eigenvalue weighted by Crippen LogP contribution is -2.40. The van der Waals surface area contributed by atoms with Crippen molar-refractivity contribution in [2.24, 2.45) is 7.05 Å². The number of sulfonamides is 1. The number of anilines is 2. The summed E-state index contributed by atoms with van der Waals surface area (Å²) in [5, 5.41) is 3.96. The van der Waals surface area contributed by atoms with E-state index in [1.807, 2.05) is 24.3 Å². The predicted octanol–water partition coefficient (Wildman–Crippen LogP) is 2.93. The third-order valence-corrected chi connectivity index (χ3v) is 6.44. The first-order valence-electron chi connectivity index (χ1n) is 9.53. The third kappa shape index (κ3) is 3.54. The second-order valence-electron chi connectivity index (χ2n) is 7.09. The number of aryl methyl sites for hydroxylation is 1. The number of fused-ring (bicyclic) bond motifs is 1. The summed E-state index contributed by atoms with van der Waals surface area (Å²) >= 11 is 0. The van der Waals surface area contributed by atoms with Crippen molar-refractivity contribution in [2.45, 2.75) is 43.5 Å². The van der Waals surface area contributed by atoms with Crippen LogP contribution in [0.25, 0.3) is 11.0 Å². The number of para-hydroxylation sites is 2. The molecule has 1 atom stereocenters. The number of piperidine rings is 1. The number of hydrogen-bond acceptors (Lipinski definition) is 6.